The normalized spacial score (nSPS) is 10.3. The van der Waals surface area contributed by atoms with E-state index < -0.39 is 17.6 Å². The first-order valence-electron chi connectivity index (χ1n) is 7.28. The summed E-state index contributed by atoms with van der Waals surface area (Å²) >= 11 is 0. The smallest absolute Gasteiger partial charge is 0.306 e. The van der Waals surface area contributed by atoms with Crippen molar-refractivity contribution in [3.8, 4) is 0 Å². The number of halogens is 2. The molecule has 0 aliphatic heterocycles. The van der Waals surface area contributed by atoms with E-state index in [0.29, 0.717) is 13.0 Å². The maximum absolute atomic E-state index is 13.3. The van der Waals surface area contributed by atoms with Crippen LogP contribution in [0.5, 0.6) is 0 Å². The highest BCUT2D eigenvalue weighted by molar-refractivity contribution is 5.72. The number of esters is 2. The molecule has 0 unspecified atom stereocenters. The van der Waals surface area contributed by atoms with Crippen LogP contribution in [-0.2, 0) is 25.7 Å². The largest absolute Gasteiger partial charge is 0.466 e. The SMILES string of the molecule is CCCCOC(=O)CCCC(=O)OCc1cc(F)ccc1F. The molecule has 0 aliphatic rings. The van der Waals surface area contributed by atoms with Crippen molar-refractivity contribution >= 4 is 11.9 Å². The Bertz CT molecular complexity index is 503. The van der Waals surface area contributed by atoms with Crippen LogP contribution in [0.15, 0.2) is 18.2 Å². The molecule has 1 aromatic rings. The molecular weight excluding hydrogens is 294 g/mol. The van der Waals surface area contributed by atoms with E-state index >= 15 is 0 Å². The molecule has 0 saturated heterocycles. The molecule has 0 atom stereocenters. The third kappa shape index (κ3) is 7.15. The van der Waals surface area contributed by atoms with Gasteiger partial charge < -0.3 is 9.47 Å². The van der Waals surface area contributed by atoms with Gasteiger partial charge in [-0.25, -0.2) is 8.78 Å². The maximum atomic E-state index is 13.3. The minimum Gasteiger partial charge on any atom is -0.466 e. The molecule has 0 heterocycles. The third-order valence-electron chi connectivity index (χ3n) is 2.92. The summed E-state index contributed by atoms with van der Waals surface area (Å²) in [5, 5.41) is 0. The van der Waals surface area contributed by atoms with Gasteiger partial charge in [0, 0.05) is 18.4 Å². The zero-order valence-electron chi connectivity index (χ0n) is 12.6. The van der Waals surface area contributed by atoms with E-state index in [2.05, 4.69) is 0 Å². The molecule has 0 saturated carbocycles. The molecule has 0 N–H and O–H groups in total. The lowest BCUT2D eigenvalue weighted by Gasteiger charge is -2.06. The van der Waals surface area contributed by atoms with Gasteiger partial charge in [0.05, 0.1) is 6.61 Å². The third-order valence-corrected chi connectivity index (χ3v) is 2.92. The van der Waals surface area contributed by atoms with Gasteiger partial charge >= 0.3 is 11.9 Å². The summed E-state index contributed by atoms with van der Waals surface area (Å²) < 4.78 is 36.0. The summed E-state index contributed by atoms with van der Waals surface area (Å²) in [6, 6.07) is 2.95. The molecule has 22 heavy (non-hydrogen) atoms. The number of carbonyl (C=O) groups is 2. The van der Waals surface area contributed by atoms with Crippen molar-refractivity contribution in [3.63, 3.8) is 0 Å². The van der Waals surface area contributed by atoms with Crippen molar-refractivity contribution in [2.24, 2.45) is 0 Å². The van der Waals surface area contributed by atoms with Crippen molar-refractivity contribution in [1.29, 1.82) is 0 Å². The van der Waals surface area contributed by atoms with Crippen LogP contribution in [0.4, 0.5) is 8.78 Å². The number of unbranched alkanes of at least 4 members (excludes halogenated alkanes) is 1. The van der Waals surface area contributed by atoms with Crippen LogP contribution in [0.1, 0.15) is 44.6 Å². The molecule has 6 heteroatoms. The van der Waals surface area contributed by atoms with Crippen molar-refractivity contribution in [2.75, 3.05) is 6.61 Å². The van der Waals surface area contributed by atoms with Gasteiger partial charge in [-0.15, -0.1) is 0 Å². The van der Waals surface area contributed by atoms with Gasteiger partial charge in [-0.2, -0.15) is 0 Å². The second-order valence-corrected chi connectivity index (χ2v) is 4.82. The van der Waals surface area contributed by atoms with Crippen molar-refractivity contribution in [3.05, 3.63) is 35.4 Å². The molecule has 0 aliphatic carbocycles. The molecule has 0 aromatic heterocycles. The van der Waals surface area contributed by atoms with Crippen LogP contribution in [0, 0.1) is 11.6 Å². The van der Waals surface area contributed by atoms with Crippen molar-refractivity contribution in [2.45, 2.75) is 45.6 Å². The van der Waals surface area contributed by atoms with Crippen molar-refractivity contribution in [1.82, 2.24) is 0 Å². The number of hydrogen-bond donors (Lipinski definition) is 0. The zero-order chi connectivity index (χ0) is 16.4. The second-order valence-electron chi connectivity index (χ2n) is 4.82. The lowest BCUT2D eigenvalue weighted by Crippen LogP contribution is -2.09. The van der Waals surface area contributed by atoms with Crippen molar-refractivity contribution < 1.29 is 27.8 Å². The average molecular weight is 314 g/mol. The molecule has 0 amide bonds. The molecule has 0 radical (unpaired) electrons. The van der Waals surface area contributed by atoms with E-state index in [1.165, 1.54) is 0 Å². The van der Waals surface area contributed by atoms with E-state index in [0.717, 1.165) is 31.0 Å². The average Bonchev–Trinajstić information content (AvgIpc) is 2.48. The number of hydrogen-bond acceptors (Lipinski definition) is 4. The van der Waals surface area contributed by atoms with Gasteiger partial charge in [0.15, 0.2) is 0 Å². The highest BCUT2D eigenvalue weighted by Gasteiger charge is 2.10. The Morgan fingerprint density at radius 3 is 2.41 bits per heavy atom. The lowest BCUT2D eigenvalue weighted by molar-refractivity contribution is -0.146. The minimum atomic E-state index is -0.631. The van der Waals surface area contributed by atoms with Gasteiger partial charge in [0.2, 0.25) is 0 Å². The Morgan fingerprint density at radius 1 is 1.05 bits per heavy atom. The summed E-state index contributed by atoms with van der Waals surface area (Å²) in [5.74, 6) is -2.14. The number of rotatable bonds is 9. The quantitative estimate of drug-likeness (QED) is 0.517. The van der Waals surface area contributed by atoms with E-state index in [4.69, 9.17) is 9.47 Å². The summed E-state index contributed by atoms with van der Waals surface area (Å²) in [4.78, 5) is 22.8. The molecule has 1 rings (SSSR count). The molecule has 0 spiro atoms. The van der Waals surface area contributed by atoms with Crippen LogP contribution in [0.3, 0.4) is 0 Å². The van der Waals surface area contributed by atoms with E-state index in [-0.39, 0.29) is 31.0 Å². The first-order chi connectivity index (χ1) is 10.5. The Kier molecular flexibility index (Phi) is 8.10. The fraction of sp³-hybridized carbons (Fsp3) is 0.500. The van der Waals surface area contributed by atoms with Crippen LogP contribution in [0.2, 0.25) is 0 Å². The minimum absolute atomic E-state index is 0.0210. The number of carbonyl (C=O) groups excluding carboxylic acids is 2. The highest BCUT2D eigenvalue weighted by atomic mass is 19.1. The number of ether oxygens (including phenoxy) is 2. The standard InChI is InChI=1S/C16H20F2O4/c1-2-3-9-21-15(19)5-4-6-16(20)22-11-12-10-13(17)7-8-14(12)18/h7-8,10H,2-6,9,11H2,1H3. The number of benzene rings is 1. The van der Waals surface area contributed by atoms with Gasteiger partial charge in [0.25, 0.3) is 0 Å². The van der Waals surface area contributed by atoms with Crippen LogP contribution < -0.4 is 0 Å². The zero-order valence-corrected chi connectivity index (χ0v) is 12.6. The van der Waals surface area contributed by atoms with Gasteiger partial charge in [-0.05, 0) is 31.0 Å². The summed E-state index contributed by atoms with van der Waals surface area (Å²) in [7, 11) is 0. The van der Waals surface area contributed by atoms with E-state index in [1.54, 1.807) is 0 Å². The Labute approximate surface area is 128 Å². The van der Waals surface area contributed by atoms with Gasteiger partial charge in [-0.1, -0.05) is 13.3 Å². The summed E-state index contributed by atoms with van der Waals surface area (Å²) in [6.07, 6.45) is 2.21. The molecule has 4 nitrogen and oxygen atoms in total. The van der Waals surface area contributed by atoms with Crippen LogP contribution in [-0.4, -0.2) is 18.5 Å². The summed E-state index contributed by atoms with van der Waals surface area (Å²) in [6.45, 7) is 2.05. The fourth-order valence-electron chi connectivity index (χ4n) is 1.66. The first kappa shape index (κ1) is 18.1. The maximum Gasteiger partial charge on any atom is 0.306 e. The Hall–Kier alpha value is -1.98. The van der Waals surface area contributed by atoms with Gasteiger partial charge in [-0.3, -0.25) is 9.59 Å². The Balaban J connectivity index is 2.21. The van der Waals surface area contributed by atoms with Crippen LogP contribution in [0.25, 0.3) is 0 Å². The molecule has 0 fully saturated rings. The molecular formula is C16H20F2O4. The lowest BCUT2D eigenvalue weighted by atomic mass is 10.2. The molecule has 0 bridgehead atoms. The van der Waals surface area contributed by atoms with E-state index in [9.17, 15) is 18.4 Å². The second kappa shape index (κ2) is 9.87. The molecule has 1 aromatic carbocycles. The summed E-state index contributed by atoms with van der Waals surface area (Å²) in [5.41, 5.74) is -0.0210. The predicted molar refractivity (Wildman–Crippen MR) is 75.9 cm³/mol. The van der Waals surface area contributed by atoms with Gasteiger partial charge in [0.1, 0.15) is 18.2 Å². The van der Waals surface area contributed by atoms with Crippen LogP contribution >= 0.6 is 0 Å². The first-order valence-corrected chi connectivity index (χ1v) is 7.28. The molecule has 122 valence electrons. The fourth-order valence-corrected chi connectivity index (χ4v) is 1.66. The van der Waals surface area contributed by atoms with E-state index in [1.807, 2.05) is 6.92 Å². The Morgan fingerprint density at radius 2 is 1.73 bits per heavy atom. The highest BCUT2D eigenvalue weighted by Crippen LogP contribution is 2.11. The predicted octanol–water partition coefficient (Wildman–Crippen LogP) is 3.52. The topological polar surface area (TPSA) is 52.6 Å². The monoisotopic (exact) mass is 314 g/mol.